The Kier molecular flexibility index (Phi) is 7.66. The maximum atomic E-state index is 12.6. The van der Waals surface area contributed by atoms with E-state index in [1.165, 1.54) is 17.8 Å². The molecule has 1 aromatic rings. The summed E-state index contributed by atoms with van der Waals surface area (Å²) in [4.78, 5) is 28.7. The van der Waals surface area contributed by atoms with E-state index >= 15 is 0 Å². The number of rotatable bonds is 9. The maximum absolute atomic E-state index is 12.6. The third kappa shape index (κ3) is 5.72. The number of thioether (sulfide) groups is 1. The summed E-state index contributed by atoms with van der Waals surface area (Å²) in [6.07, 6.45) is 2.94. The molecule has 1 aromatic heterocycles. The van der Waals surface area contributed by atoms with Gasteiger partial charge in [-0.15, -0.1) is 11.8 Å². The summed E-state index contributed by atoms with van der Waals surface area (Å²) in [7, 11) is 0. The molecule has 1 amide bonds. The molecule has 8 nitrogen and oxygen atoms in total. The fourth-order valence-electron chi connectivity index (χ4n) is 2.47. The van der Waals surface area contributed by atoms with Crippen LogP contribution in [0.3, 0.4) is 0 Å². The number of nitrogens with zero attached hydrogens (tertiary/aromatic N) is 2. The Labute approximate surface area is 161 Å². The van der Waals surface area contributed by atoms with E-state index in [4.69, 9.17) is 14.4 Å². The second kappa shape index (κ2) is 9.96. The molecule has 0 spiro atoms. The second-order valence-corrected chi connectivity index (χ2v) is 6.92. The number of amides is 1. The average Bonchev–Trinajstić information content (AvgIpc) is 3.15. The monoisotopic (exact) mass is 393 g/mol. The van der Waals surface area contributed by atoms with Crippen LogP contribution in [0.2, 0.25) is 0 Å². The van der Waals surface area contributed by atoms with Crippen LogP contribution in [-0.4, -0.2) is 40.3 Å². The first-order valence-electron chi connectivity index (χ1n) is 8.57. The van der Waals surface area contributed by atoms with Crippen LogP contribution in [0.1, 0.15) is 38.5 Å². The van der Waals surface area contributed by atoms with Gasteiger partial charge in [-0.3, -0.25) is 9.79 Å². The lowest BCUT2D eigenvalue weighted by Gasteiger charge is -2.19. The Bertz CT molecular complexity index is 802. The quantitative estimate of drug-likeness (QED) is 0.288. The topological polar surface area (TPSA) is 113 Å². The Morgan fingerprint density at radius 2 is 2.41 bits per heavy atom. The molecule has 9 heteroatoms. The molecule has 2 heterocycles. The summed E-state index contributed by atoms with van der Waals surface area (Å²) >= 11 is 1.36. The van der Waals surface area contributed by atoms with Crippen molar-refractivity contribution in [3.63, 3.8) is 0 Å². The molecule has 2 atom stereocenters. The summed E-state index contributed by atoms with van der Waals surface area (Å²) in [5, 5.41) is 15.4. The van der Waals surface area contributed by atoms with E-state index in [-0.39, 0.29) is 12.5 Å². The van der Waals surface area contributed by atoms with Gasteiger partial charge in [0.1, 0.15) is 34.9 Å². The Balaban J connectivity index is 2.17. The maximum Gasteiger partial charge on any atom is 0.339 e. The van der Waals surface area contributed by atoms with Gasteiger partial charge in [0.05, 0.1) is 12.1 Å². The molecular weight excluding hydrogens is 370 g/mol. The summed E-state index contributed by atoms with van der Waals surface area (Å²) in [6.45, 7) is 7.42. The molecule has 0 aromatic carbocycles. The summed E-state index contributed by atoms with van der Waals surface area (Å²) in [6, 6.07) is 1.79. The van der Waals surface area contributed by atoms with Crippen LogP contribution in [0.5, 0.6) is 5.75 Å². The van der Waals surface area contributed by atoms with Crippen LogP contribution in [-0.2, 0) is 4.79 Å². The Morgan fingerprint density at radius 3 is 3.07 bits per heavy atom. The lowest BCUT2D eigenvalue weighted by Crippen LogP contribution is -2.37. The zero-order valence-electron chi connectivity index (χ0n) is 15.3. The van der Waals surface area contributed by atoms with Gasteiger partial charge in [0.25, 0.3) is 0 Å². The van der Waals surface area contributed by atoms with Crippen molar-refractivity contribution in [3.05, 3.63) is 41.0 Å². The molecular formula is C18H23N3O5S. The SMILES string of the molecule is C=CCOc1cc(C(CCC)NC(=O)C2CSC(/C(C)=N\O)=N2)oc(=O)c1. The van der Waals surface area contributed by atoms with Gasteiger partial charge in [0.15, 0.2) is 0 Å². The zero-order chi connectivity index (χ0) is 19.8. The number of oxime groups is 1. The van der Waals surface area contributed by atoms with Crippen molar-refractivity contribution in [2.45, 2.75) is 38.8 Å². The molecule has 1 aliphatic rings. The van der Waals surface area contributed by atoms with Gasteiger partial charge in [-0.25, -0.2) is 4.79 Å². The first kappa shape index (κ1) is 20.8. The molecule has 0 fully saturated rings. The minimum absolute atomic E-state index is 0.260. The predicted molar refractivity (Wildman–Crippen MR) is 105 cm³/mol. The summed E-state index contributed by atoms with van der Waals surface area (Å²) in [5.74, 6) is 0.878. The molecule has 2 rings (SSSR count). The van der Waals surface area contributed by atoms with Crippen LogP contribution in [0, 0.1) is 0 Å². The standard InChI is InChI=1S/C18H23N3O5S/c1-4-6-13(15-8-12(25-7-5-2)9-16(22)26-15)19-17(23)14-10-27-18(20-14)11(3)21-24/h5,8-9,13-14,24H,2,4,6-7,10H2,1,3H3,(H,19,23)/b21-11-. The highest BCUT2D eigenvalue weighted by Crippen LogP contribution is 2.24. The van der Waals surface area contributed by atoms with Crippen LogP contribution in [0.4, 0.5) is 0 Å². The molecule has 146 valence electrons. The smallest absolute Gasteiger partial charge is 0.339 e. The number of hydrogen-bond donors (Lipinski definition) is 2. The highest BCUT2D eigenvalue weighted by molar-refractivity contribution is 8.16. The van der Waals surface area contributed by atoms with E-state index in [1.54, 1.807) is 19.1 Å². The van der Waals surface area contributed by atoms with Gasteiger partial charge in [-0.05, 0) is 13.3 Å². The van der Waals surface area contributed by atoms with Crippen LogP contribution in [0.15, 0.2) is 44.1 Å². The molecule has 27 heavy (non-hydrogen) atoms. The van der Waals surface area contributed by atoms with Gasteiger partial charge in [-0.2, -0.15) is 0 Å². The zero-order valence-corrected chi connectivity index (χ0v) is 16.1. The van der Waals surface area contributed by atoms with E-state index in [9.17, 15) is 9.59 Å². The number of ether oxygens (including phenoxy) is 1. The Hall–Kier alpha value is -2.55. The van der Waals surface area contributed by atoms with Crippen molar-refractivity contribution < 1.29 is 19.2 Å². The highest BCUT2D eigenvalue weighted by atomic mass is 32.2. The number of aliphatic imine (C=N–C) groups is 1. The van der Waals surface area contributed by atoms with Gasteiger partial charge in [0.2, 0.25) is 5.91 Å². The van der Waals surface area contributed by atoms with Crippen LogP contribution < -0.4 is 15.7 Å². The number of nitrogens with one attached hydrogen (secondary N) is 1. The summed E-state index contributed by atoms with van der Waals surface area (Å²) in [5.41, 5.74) is -0.174. The van der Waals surface area contributed by atoms with Gasteiger partial charge < -0.3 is 19.7 Å². The molecule has 2 N–H and O–H groups in total. The molecule has 1 aliphatic heterocycles. The highest BCUT2D eigenvalue weighted by Gasteiger charge is 2.29. The fourth-order valence-corrected chi connectivity index (χ4v) is 3.47. The molecule has 0 bridgehead atoms. The van der Waals surface area contributed by atoms with E-state index < -0.39 is 17.7 Å². The van der Waals surface area contributed by atoms with Gasteiger partial charge in [0, 0.05) is 11.8 Å². The lowest BCUT2D eigenvalue weighted by atomic mass is 10.1. The lowest BCUT2D eigenvalue weighted by molar-refractivity contribution is -0.122. The number of carbonyl (C=O) groups is 1. The van der Waals surface area contributed by atoms with Crippen molar-refractivity contribution in [1.29, 1.82) is 0 Å². The van der Waals surface area contributed by atoms with Crippen LogP contribution >= 0.6 is 11.8 Å². The van der Waals surface area contributed by atoms with Crippen LogP contribution in [0.25, 0.3) is 0 Å². The van der Waals surface area contributed by atoms with E-state index in [0.29, 0.717) is 34.4 Å². The molecule has 0 saturated heterocycles. The van der Waals surface area contributed by atoms with Crippen molar-refractivity contribution in [3.8, 4) is 5.75 Å². The van der Waals surface area contributed by atoms with Gasteiger partial charge >= 0.3 is 5.63 Å². The molecule has 0 saturated carbocycles. The minimum atomic E-state index is -0.590. The molecule has 0 radical (unpaired) electrons. The molecule has 2 unspecified atom stereocenters. The Morgan fingerprint density at radius 1 is 1.63 bits per heavy atom. The predicted octanol–water partition coefficient (Wildman–Crippen LogP) is 2.53. The summed E-state index contributed by atoms with van der Waals surface area (Å²) < 4.78 is 10.7. The van der Waals surface area contributed by atoms with Crippen molar-refractivity contribution in [2.75, 3.05) is 12.4 Å². The first-order valence-corrected chi connectivity index (χ1v) is 9.55. The van der Waals surface area contributed by atoms with Crippen molar-refractivity contribution in [1.82, 2.24) is 5.32 Å². The van der Waals surface area contributed by atoms with Gasteiger partial charge in [-0.1, -0.05) is 31.2 Å². The fraction of sp³-hybridized carbons (Fsp3) is 0.444. The third-order valence-electron chi connectivity index (χ3n) is 3.78. The third-order valence-corrected chi connectivity index (χ3v) is 4.94. The second-order valence-electron chi connectivity index (χ2n) is 5.91. The van der Waals surface area contributed by atoms with Crippen molar-refractivity contribution >= 4 is 28.4 Å². The number of carbonyl (C=O) groups excluding carboxylic acids is 1. The normalized spacial score (nSPS) is 17.9. The average molecular weight is 393 g/mol. The van der Waals surface area contributed by atoms with E-state index in [0.717, 1.165) is 6.42 Å². The minimum Gasteiger partial charge on any atom is -0.489 e. The molecule has 0 aliphatic carbocycles. The largest absolute Gasteiger partial charge is 0.489 e. The number of hydrogen-bond acceptors (Lipinski definition) is 8. The van der Waals surface area contributed by atoms with E-state index in [2.05, 4.69) is 22.0 Å². The van der Waals surface area contributed by atoms with Crippen molar-refractivity contribution in [2.24, 2.45) is 10.1 Å². The van der Waals surface area contributed by atoms with E-state index in [1.807, 2.05) is 6.92 Å². The first-order chi connectivity index (χ1) is 13.0.